The summed E-state index contributed by atoms with van der Waals surface area (Å²) in [6.07, 6.45) is 1.24. The first-order valence-electron chi connectivity index (χ1n) is 6.10. The standard InChI is InChI=1S/C14H20N2O/c1-9-4-5-11(7-13(9)15)14(17)16(3)8-12-6-10(12)2/h4-5,7,10,12H,6,8,15H2,1-3H3. The molecule has 1 aliphatic rings. The Morgan fingerprint density at radius 1 is 1.53 bits per heavy atom. The largest absolute Gasteiger partial charge is 0.398 e. The van der Waals surface area contributed by atoms with Crippen LogP contribution in [0.15, 0.2) is 18.2 Å². The predicted octanol–water partition coefficient (Wildman–Crippen LogP) is 2.31. The quantitative estimate of drug-likeness (QED) is 0.813. The van der Waals surface area contributed by atoms with E-state index in [1.165, 1.54) is 6.42 Å². The maximum Gasteiger partial charge on any atom is 0.253 e. The Balaban J connectivity index is 2.05. The second-order valence-electron chi connectivity index (χ2n) is 5.23. The lowest BCUT2D eigenvalue weighted by Gasteiger charge is -2.17. The third kappa shape index (κ3) is 2.60. The van der Waals surface area contributed by atoms with Crippen molar-refractivity contribution in [3.8, 4) is 0 Å². The van der Waals surface area contributed by atoms with E-state index in [9.17, 15) is 4.79 Å². The summed E-state index contributed by atoms with van der Waals surface area (Å²) in [7, 11) is 1.86. The molecule has 0 saturated heterocycles. The van der Waals surface area contributed by atoms with Crippen LogP contribution in [0.25, 0.3) is 0 Å². The topological polar surface area (TPSA) is 46.3 Å². The third-order valence-electron chi connectivity index (χ3n) is 3.66. The molecule has 2 N–H and O–H groups in total. The van der Waals surface area contributed by atoms with Gasteiger partial charge in [0.1, 0.15) is 0 Å². The van der Waals surface area contributed by atoms with Gasteiger partial charge in [0.2, 0.25) is 0 Å². The number of nitrogens with zero attached hydrogens (tertiary/aromatic N) is 1. The Morgan fingerprint density at radius 3 is 2.71 bits per heavy atom. The molecule has 1 aromatic carbocycles. The van der Waals surface area contributed by atoms with E-state index in [0.29, 0.717) is 17.2 Å². The zero-order valence-corrected chi connectivity index (χ0v) is 10.7. The number of nitrogens with two attached hydrogens (primary N) is 1. The van der Waals surface area contributed by atoms with E-state index in [2.05, 4.69) is 6.92 Å². The van der Waals surface area contributed by atoms with E-state index >= 15 is 0 Å². The van der Waals surface area contributed by atoms with Crippen LogP contribution in [0, 0.1) is 18.8 Å². The molecule has 0 heterocycles. The van der Waals surface area contributed by atoms with Gasteiger partial charge in [-0.25, -0.2) is 0 Å². The molecule has 1 amide bonds. The molecule has 2 rings (SSSR count). The third-order valence-corrected chi connectivity index (χ3v) is 3.66. The number of carbonyl (C=O) groups excluding carboxylic acids is 1. The summed E-state index contributed by atoms with van der Waals surface area (Å²) >= 11 is 0. The number of anilines is 1. The fraction of sp³-hybridized carbons (Fsp3) is 0.500. The first kappa shape index (κ1) is 12.0. The van der Waals surface area contributed by atoms with Crippen molar-refractivity contribution in [3.05, 3.63) is 29.3 Å². The van der Waals surface area contributed by atoms with E-state index in [1.807, 2.05) is 26.1 Å². The van der Waals surface area contributed by atoms with Crippen molar-refractivity contribution in [3.63, 3.8) is 0 Å². The summed E-state index contributed by atoms with van der Waals surface area (Å²) < 4.78 is 0. The van der Waals surface area contributed by atoms with Crippen molar-refractivity contribution in [1.29, 1.82) is 0 Å². The number of benzene rings is 1. The highest BCUT2D eigenvalue weighted by Crippen LogP contribution is 2.38. The molecule has 0 aliphatic heterocycles. The zero-order chi connectivity index (χ0) is 12.6. The minimum atomic E-state index is 0.0656. The number of aryl methyl sites for hydroxylation is 1. The van der Waals surface area contributed by atoms with Crippen LogP contribution in [0.4, 0.5) is 5.69 Å². The molecule has 3 heteroatoms. The average Bonchev–Trinajstić information content (AvgIpc) is 2.97. The molecule has 0 bridgehead atoms. The summed E-state index contributed by atoms with van der Waals surface area (Å²) in [5.74, 6) is 1.52. The molecule has 17 heavy (non-hydrogen) atoms. The molecule has 1 aromatic rings. The van der Waals surface area contributed by atoms with Gasteiger partial charge in [-0.05, 0) is 42.9 Å². The lowest BCUT2D eigenvalue weighted by Crippen LogP contribution is -2.29. The number of carbonyl (C=O) groups is 1. The fourth-order valence-corrected chi connectivity index (χ4v) is 2.08. The highest BCUT2D eigenvalue weighted by Gasteiger charge is 2.34. The van der Waals surface area contributed by atoms with E-state index in [-0.39, 0.29) is 5.91 Å². The maximum atomic E-state index is 12.1. The van der Waals surface area contributed by atoms with E-state index in [1.54, 1.807) is 11.0 Å². The molecule has 1 saturated carbocycles. The second-order valence-corrected chi connectivity index (χ2v) is 5.23. The van der Waals surface area contributed by atoms with Crippen LogP contribution in [0.2, 0.25) is 0 Å². The van der Waals surface area contributed by atoms with Crippen molar-refractivity contribution >= 4 is 11.6 Å². The van der Waals surface area contributed by atoms with Crippen LogP contribution in [0.3, 0.4) is 0 Å². The van der Waals surface area contributed by atoms with Crippen LogP contribution in [0.1, 0.15) is 29.3 Å². The molecule has 2 atom stereocenters. The Labute approximate surface area is 103 Å². The van der Waals surface area contributed by atoms with Gasteiger partial charge in [-0.15, -0.1) is 0 Å². The van der Waals surface area contributed by atoms with Crippen LogP contribution < -0.4 is 5.73 Å². The Morgan fingerprint density at radius 2 is 2.18 bits per heavy atom. The van der Waals surface area contributed by atoms with Gasteiger partial charge in [0.15, 0.2) is 0 Å². The summed E-state index contributed by atoms with van der Waals surface area (Å²) in [6, 6.07) is 5.52. The van der Waals surface area contributed by atoms with Crippen molar-refractivity contribution in [2.75, 3.05) is 19.3 Å². The molecule has 0 aromatic heterocycles. The van der Waals surface area contributed by atoms with Gasteiger partial charge >= 0.3 is 0 Å². The molecule has 92 valence electrons. The highest BCUT2D eigenvalue weighted by atomic mass is 16.2. The average molecular weight is 232 g/mol. The minimum absolute atomic E-state index is 0.0656. The number of hydrogen-bond donors (Lipinski definition) is 1. The molecule has 0 radical (unpaired) electrons. The first-order chi connectivity index (χ1) is 7.99. The van der Waals surface area contributed by atoms with Gasteiger partial charge in [-0.3, -0.25) is 4.79 Å². The molecular formula is C14H20N2O. The second kappa shape index (κ2) is 4.40. The van der Waals surface area contributed by atoms with E-state index < -0.39 is 0 Å². The SMILES string of the molecule is Cc1ccc(C(=O)N(C)CC2CC2C)cc1N. The summed E-state index contributed by atoms with van der Waals surface area (Å²) in [5, 5.41) is 0. The number of hydrogen-bond acceptors (Lipinski definition) is 2. The fourth-order valence-electron chi connectivity index (χ4n) is 2.08. The summed E-state index contributed by atoms with van der Waals surface area (Å²) in [5.41, 5.74) is 8.21. The lowest BCUT2D eigenvalue weighted by molar-refractivity contribution is 0.0787. The van der Waals surface area contributed by atoms with Gasteiger partial charge in [-0.1, -0.05) is 13.0 Å². The van der Waals surface area contributed by atoms with Crippen LogP contribution >= 0.6 is 0 Å². The van der Waals surface area contributed by atoms with Gasteiger partial charge < -0.3 is 10.6 Å². The Kier molecular flexibility index (Phi) is 3.09. The lowest BCUT2D eigenvalue weighted by atomic mass is 10.1. The minimum Gasteiger partial charge on any atom is -0.398 e. The first-order valence-corrected chi connectivity index (χ1v) is 6.10. The summed E-state index contributed by atoms with van der Waals surface area (Å²) in [4.78, 5) is 14.0. The van der Waals surface area contributed by atoms with Crippen LogP contribution in [0.5, 0.6) is 0 Å². The Hall–Kier alpha value is -1.51. The maximum absolute atomic E-state index is 12.1. The molecular weight excluding hydrogens is 212 g/mol. The van der Waals surface area contributed by atoms with Gasteiger partial charge in [-0.2, -0.15) is 0 Å². The van der Waals surface area contributed by atoms with Gasteiger partial charge in [0, 0.05) is 24.8 Å². The Bertz CT molecular complexity index is 442. The number of amides is 1. The van der Waals surface area contributed by atoms with E-state index in [4.69, 9.17) is 5.73 Å². The van der Waals surface area contributed by atoms with Gasteiger partial charge in [0.25, 0.3) is 5.91 Å². The van der Waals surface area contributed by atoms with Crippen LogP contribution in [-0.2, 0) is 0 Å². The number of rotatable bonds is 3. The highest BCUT2D eigenvalue weighted by molar-refractivity contribution is 5.95. The van der Waals surface area contributed by atoms with Gasteiger partial charge in [0.05, 0.1) is 0 Å². The predicted molar refractivity (Wildman–Crippen MR) is 69.8 cm³/mol. The number of nitrogen functional groups attached to an aromatic ring is 1. The summed E-state index contributed by atoms with van der Waals surface area (Å²) in [6.45, 7) is 5.03. The van der Waals surface area contributed by atoms with E-state index in [0.717, 1.165) is 18.0 Å². The molecule has 1 aliphatic carbocycles. The normalized spacial score (nSPS) is 22.3. The van der Waals surface area contributed by atoms with Crippen molar-refractivity contribution in [2.45, 2.75) is 20.3 Å². The molecule has 2 unspecified atom stereocenters. The monoisotopic (exact) mass is 232 g/mol. The van der Waals surface area contributed by atoms with Crippen LogP contribution in [-0.4, -0.2) is 24.4 Å². The molecule has 3 nitrogen and oxygen atoms in total. The van der Waals surface area contributed by atoms with Crippen molar-refractivity contribution in [2.24, 2.45) is 11.8 Å². The molecule has 0 spiro atoms. The molecule has 1 fully saturated rings. The van der Waals surface area contributed by atoms with Crippen molar-refractivity contribution < 1.29 is 4.79 Å². The van der Waals surface area contributed by atoms with Crippen molar-refractivity contribution in [1.82, 2.24) is 4.90 Å². The zero-order valence-electron chi connectivity index (χ0n) is 10.7. The smallest absolute Gasteiger partial charge is 0.253 e.